The number of aliphatic imine (C=N–C) groups is 4. The van der Waals surface area contributed by atoms with Gasteiger partial charge in [-0.3, -0.25) is 20.0 Å². The number of benzene rings is 4. The second-order valence-corrected chi connectivity index (χ2v) is 19.6. The molecular formula is C53H60Cl4Fe2N6. The Morgan fingerprint density at radius 2 is 0.692 bits per heavy atom. The molecule has 0 aliphatic carbocycles. The van der Waals surface area contributed by atoms with Crippen LogP contribution in [0.5, 0.6) is 0 Å². The van der Waals surface area contributed by atoms with E-state index in [1.54, 1.807) is 0 Å². The molecule has 0 fully saturated rings. The molecule has 2 heterocycles. The second-order valence-electron chi connectivity index (χ2n) is 15.9. The molecule has 6 rings (SSSR count). The van der Waals surface area contributed by atoms with Gasteiger partial charge in [0.05, 0.1) is 68.4 Å². The van der Waals surface area contributed by atoms with E-state index in [-0.39, 0.29) is 33.7 Å². The molecule has 0 atom stereocenters. The zero-order chi connectivity index (χ0) is 47.1. The van der Waals surface area contributed by atoms with Gasteiger partial charge in [0, 0.05) is 0 Å². The van der Waals surface area contributed by atoms with Crippen molar-refractivity contribution >= 4 is 86.0 Å². The van der Waals surface area contributed by atoms with Crippen LogP contribution in [0.15, 0.2) is 117 Å². The first-order valence-electron chi connectivity index (χ1n) is 20.7. The molecule has 0 unspecified atom stereocenters. The van der Waals surface area contributed by atoms with E-state index >= 15 is 0 Å². The summed E-state index contributed by atoms with van der Waals surface area (Å²) >= 11 is 0.389. The fraction of sp³-hybridized carbons (Fsp3) is 0.283. The van der Waals surface area contributed by atoms with Crippen molar-refractivity contribution in [2.24, 2.45) is 20.0 Å². The van der Waals surface area contributed by atoms with Gasteiger partial charge in [-0.15, -0.1) is 0 Å². The fourth-order valence-electron chi connectivity index (χ4n) is 7.65. The summed E-state index contributed by atoms with van der Waals surface area (Å²) in [6, 6.07) is 33.8. The van der Waals surface area contributed by atoms with Gasteiger partial charge < -0.3 is 0 Å². The van der Waals surface area contributed by atoms with Crippen molar-refractivity contribution in [2.75, 3.05) is 0 Å². The Labute approximate surface area is 417 Å². The van der Waals surface area contributed by atoms with Crippen LogP contribution in [0, 0.1) is 55.4 Å². The Morgan fingerprint density at radius 3 is 0.969 bits per heavy atom. The SMILES string of the molecule is C.CC(=Nc1ccc(CCc2ccc(N=C(C)c3cccc(C(C)=Nc4c(C)cc(C)cc4C)n3)cc2C)c(C)c1)c1cccc(C(C)=Nc2c(C)cc(C)cc2C)n1.[Cl][Fe][Cl].[Cl][Fe][Cl]. The molecule has 0 saturated carbocycles. The van der Waals surface area contributed by atoms with Gasteiger partial charge in [-0.2, -0.15) is 0 Å². The molecule has 4 aromatic carbocycles. The normalized spacial score (nSPS) is 12.0. The predicted molar refractivity (Wildman–Crippen MR) is 277 cm³/mol. The molecule has 346 valence electrons. The van der Waals surface area contributed by atoms with E-state index in [2.05, 4.69) is 116 Å². The zero-order valence-corrected chi connectivity index (χ0v) is 43.8. The molecule has 6 nitrogen and oxygen atoms in total. The average molecular weight is 1030 g/mol. The van der Waals surface area contributed by atoms with Crippen LogP contribution in [0.1, 0.15) is 114 Å². The fourth-order valence-corrected chi connectivity index (χ4v) is 7.65. The monoisotopic (exact) mass is 1030 g/mol. The number of pyridine rings is 2. The molecule has 0 spiro atoms. The summed E-state index contributed by atoms with van der Waals surface area (Å²) in [5.74, 6) is 0. The standard InChI is InChI=1S/C52H56N6.CH4.4ClH.2Fe/c1-31-25-35(5)51(36(6)26-31)55-41(11)49-17-13-15-47(57-49)39(9)53-45-23-21-43(33(3)29-45)19-20-44-22-24-46(30-34(44)4)54-40(10)48-16-14-18-50(58-48)42(12)56-52-37(7)27-32(2)28-38(52)8;;;;;;;/h13-18,21-30H,19-20H2,1-12H3;1H4;4*1H;;/q;;;;;;2*+2/p-4. The summed E-state index contributed by atoms with van der Waals surface area (Å²) < 4.78 is 0. The quantitative estimate of drug-likeness (QED) is 0.0958. The van der Waals surface area contributed by atoms with Gasteiger partial charge in [0.1, 0.15) is 0 Å². The maximum absolute atomic E-state index is 4.97. The molecule has 0 radical (unpaired) electrons. The number of aryl methyl sites for hydroxylation is 10. The Bertz CT molecular complexity index is 2480. The number of aromatic nitrogens is 2. The minimum absolute atomic E-state index is 0. The van der Waals surface area contributed by atoms with Gasteiger partial charge in [-0.25, -0.2) is 9.97 Å². The summed E-state index contributed by atoms with van der Waals surface area (Å²) in [5.41, 5.74) is 23.1. The van der Waals surface area contributed by atoms with Crippen molar-refractivity contribution in [1.29, 1.82) is 0 Å². The van der Waals surface area contributed by atoms with Gasteiger partial charge in [0.15, 0.2) is 0 Å². The number of hydrogen-bond donors (Lipinski definition) is 0. The van der Waals surface area contributed by atoms with Crippen molar-refractivity contribution in [3.63, 3.8) is 0 Å². The number of hydrogen-bond acceptors (Lipinski definition) is 6. The maximum atomic E-state index is 4.97. The van der Waals surface area contributed by atoms with Crippen LogP contribution < -0.4 is 0 Å². The average Bonchev–Trinajstić information content (AvgIpc) is 3.24. The van der Waals surface area contributed by atoms with E-state index in [0.717, 1.165) is 81.2 Å². The number of rotatable bonds is 11. The number of nitrogens with zero attached hydrogens (tertiary/aromatic N) is 6. The van der Waals surface area contributed by atoms with Crippen molar-refractivity contribution in [2.45, 2.75) is 103 Å². The van der Waals surface area contributed by atoms with Crippen molar-refractivity contribution in [1.82, 2.24) is 9.97 Å². The molecule has 0 aliphatic heterocycles. The topological polar surface area (TPSA) is 75.2 Å². The van der Waals surface area contributed by atoms with Crippen LogP contribution >= 0.6 is 40.4 Å². The van der Waals surface area contributed by atoms with Gasteiger partial charge in [-0.05, 0) is 189 Å². The third-order valence-corrected chi connectivity index (χ3v) is 10.7. The molecule has 0 amide bonds. The van der Waals surface area contributed by atoms with Crippen LogP contribution in [0.3, 0.4) is 0 Å². The Morgan fingerprint density at radius 1 is 0.415 bits per heavy atom. The van der Waals surface area contributed by atoms with Gasteiger partial charge in [0.25, 0.3) is 0 Å². The molecule has 12 heteroatoms. The van der Waals surface area contributed by atoms with E-state index in [0.29, 0.717) is 0 Å². The molecule has 0 aliphatic rings. The van der Waals surface area contributed by atoms with E-state index < -0.39 is 0 Å². The second kappa shape index (κ2) is 27.0. The summed E-state index contributed by atoms with van der Waals surface area (Å²) in [7, 11) is 19.1. The van der Waals surface area contributed by atoms with E-state index in [9.17, 15) is 0 Å². The molecule has 6 aromatic rings. The summed E-state index contributed by atoms with van der Waals surface area (Å²) in [6.45, 7) is 25.1. The van der Waals surface area contributed by atoms with E-state index in [1.165, 1.54) is 55.6 Å². The first-order chi connectivity index (χ1) is 30.5. The predicted octanol–water partition coefficient (Wildman–Crippen LogP) is 16.7. The number of halogens is 4. The Balaban J connectivity index is 0.00000152. The summed E-state index contributed by atoms with van der Waals surface area (Å²) in [6.07, 6.45) is 1.89. The van der Waals surface area contributed by atoms with Crippen molar-refractivity contribution in [3.8, 4) is 0 Å². The summed E-state index contributed by atoms with van der Waals surface area (Å²) in [4.78, 5) is 29.8. The molecule has 2 aromatic heterocycles. The van der Waals surface area contributed by atoms with Gasteiger partial charge in [-0.1, -0.05) is 67.1 Å². The molecule has 0 saturated heterocycles. The molecule has 0 bridgehead atoms. The Hall–Kier alpha value is -3.94. The van der Waals surface area contributed by atoms with Crippen LogP contribution in [0.2, 0.25) is 0 Å². The molecule has 0 N–H and O–H groups in total. The third kappa shape index (κ3) is 16.4. The first-order valence-corrected chi connectivity index (χ1v) is 26.8. The van der Waals surface area contributed by atoms with E-state index in [1.807, 2.05) is 64.1 Å². The minimum atomic E-state index is 0. The van der Waals surface area contributed by atoms with E-state index in [4.69, 9.17) is 70.3 Å². The van der Waals surface area contributed by atoms with Gasteiger partial charge >= 0.3 is 66.7 Å². The summed E-state index contributed by atoms with van der Waals surface area (Å²) in [5, 5.41) is 0. The van der Waals surface area contributed by atoms with Crippen LogP contribution in [0.25, 0.3) is 0 Å². The van der Waals surface area contributed by atoms with Crippen LogP contribution in [-0.4, -0.2) is 32.8 Å². The Kier molecular flexibility index (Phi) is 23.0. The van der Waals surface area contributed by atoms with Gasteiger partial charge in [0.2, 0.25) is 0 Å². The molecular weight excluding hydrogens is 974 g/mol. The van der Waals surface area contributed by atoms with Crippen LogP contribution in [-0.2, 0) is 39.1 Å². The zero-order valence-electron chi connectivity index (χ0n) is 38.6. The van der Waals surface area contributed by atoms with Crippen LogP contribution in [0.4, 0.5) is 22.7 Å². The first kappa shape index (κ1) is 55.4. The third-order valence-electron chi connectivity index (χ3n) is 10.7. The molecule has 65 heavy (non-hydrogen) atoms. The van der Waals surface area contributed by atoms with Crippen molar-refractivity contribution in [3.05, 3.63) is 175 Å². The van der Waals surface area contributed by atoms with Crippen molar-refractivity contribution < 1.29 is 26.3 Å².